The largest absolute Gasteiger partial charge is 0.338 e. The van der Waals surface area contributed by atoms with E-state index >= 15 is 0 Å². The van der Waals surface area contributed by atoms with Gasteiger partial charge in [0.05, 0.1) is 16.3 Å². The molecule has 0 spiro atoms. The van der Waals surface area contributed by atoms with Crippen molar-refractivity contribution in [3.8, 4) is 11.4 Å². The van der Waals surface area contributed by atoms with Crippen LogP contribution in [0.4, 0.5) is 5.69 Å². The summed E-state index contributed by atoms with van der Waals surface area (Å²) >= 11 is 0. The lowest BCUT2D eigenvalue weighted by Crippen LogP contribution is -2.23. The summed E-state index contributed by atoms with van der Waals surface area (Å²) in [6.07, 6.45) is 0. The second-order valence-corrected chi connectivity index (χ2v) is 10.6. The van der Waals surface area contributed by atoms with Gasteiger partial charge in [-0.25, -0.2) is 21.6 Å². The lowest BCUT2D eigenvalue weighted by atomic mass is 10.2. The summed E-state index contributed by atoms with van der Waals surface area (Å²) < 4.78 is 59.7. The first-order valence-electron chi connectivity index (χ1n) is 9.80. The normalized spacial score (nSPS) is 11.9. The predicted molar refractivity (Wildman–Crippen MR) is 122 cm³/mol. The van der Waals surface area contributed by atoms with Crippen molar-refractivity contribution in [2.24, 2.45) is 0 Å². The molecule has 0 bridgehead atoms. The molecule has 0 unspecified atom stereocenters. The van der Waals surface area contributed by atoms with Gasteiger partial charge in [-0.1, -0.05) is 41.1 Å². The van der Waals surface area contributed by atoms with Gasteiger partial charge in [-0.3, -0.25) is 4.72 Å². The Morgan fingerprint density at radius 3 is 2.09 bits per heavy atom. The molecule has 1 heterocycles. The van der Waals surface area contributed by atoms with Gasteiger partial charge in [0.15, 0.2) is 0 Å². The third-order valence-electron chi connectivity index (χ3n) is 4.66. The molecular weight excluding hydrogens is 464 g/mol. The van der Waals surface area contributed by atoms with Crippen LogP contribution < -0.4 is 9.44 Å². The minimum atomic E-state index is -3.71. The van der Waals surface area contributed by atoms with Crippen molar-refractivity contribution in [2.45, 2.75) is 23.3 Å². The van der Waals surface area contributed by atoms with Crippen LogP contribution in [0.5, 0.6) is 0 Å². The number of hydrogen-bond acceptors (Lipinski definition) is 7. The summed E-state index contributed by atoms with van der Waals surface area (Å²) in [6, 6.07) is 20.9. The van der Waals surface area contributed by atoms with Crippen LogP contribution in [-0.2, 0) is 26.6 Å². The van der Waals surface area contributed by atoms with Crippen LogP contribution in [0.15, 0.2) is 93.2 Å². The van der Waals surface area contributed by atoms with Crippen LogP contribution in [0.2, 0.25) is 0 Å². The lowest BCUT2D eigenvalue weighted by Gasteiger charge is -2.08. The zero-order chi connectivity index (χ0) is 23.5. The first-order chi connectivity index (χ1) is 15.7. The van der Waals surface area contributed by atoms with Crippen molar-refractivity contribution in [1.82, 2.24) is 14.9 Å². The minimum absolute atomic E-state index is 0.0913. The van der Waals surface area contributed by atoms with Crippen molar-refractivity contribution in [3.05, 3.63) is 90.3 Å². The molecule has 0 saturated carbocycles. The maximum absolute atomic E-state index is 12.5. The van der Waals surface area contributed by atoms with Gasteiger partial charge in [0.25, 0.3) is 10.0 Å². The molecule has 4 rings (SSSR count). The number of benzene rings is 3. The van der Waals surface area contributed by atoms with Crippen molar-refractivity contribution in [1.29, 1.82) is 0 Å². The van der Waals surface area contributed by atoms with E-state index in [9.17, 15) is 16.8 Å². The standard InChI is InChI=1S/C22H20N4O5S2/c1-16-7-13-20(14-8-16)33(29,30)26-18-11-9-17(10-12-18)22-24-21(31-25-22)15-23-32(27,28)19-5-3-2-4-6-19/h2-14,23,26H,15H2,1H3. The quantitative estimate of drug-likeness (QED) is 0.392. The number of sulfonamides is 2. The van der Waals surface area contributed by atoms with Crippen LogP contribution in [0.3, 0.4) is 0 Å². The van der Waals surface area contributed by atoms with Gasteiger partial charge in [0, 0.05) is 11.3 Å². The zero-order valence-electron chi connectivity index (χ0n) is 17.5. The molecule has 0 fully saturated rings. The average Bonchev–Trinajstić information content (AvgIpc) is 3.28. The number of nitrogens with zero attached hydrogens (tertiary/aromatic N) is 2. The van der Waals surface area contributed by atoms with Crippen LogP contribution in [0.25, 0.3) is 11.4 Å². The molecule has 0 atom stereocenters. The van der Waals surface area contributed by atoms with Gasteiger partial charge in [0.1, 0.15) is 0 Å². The highest BCUT2D eigenvalue weighted by Gasteiger charge is 2.17. The molecule has 2 N–H and O–H groups in total. The Kier molecular flexibility index (Phi) is 6.27. The maximum Gasteiger partial charge on any atom is 0.261 e. The van der Waals surface area contributed by atoms with Gasteiger partial charge >= 0.3 is 0 Å². The Morgan fingerprint density at radius 1 is 0.788 bits per heavy atom. The SMILES string of the molecule is Cc1ccc(S(=O)(=O)Nc2ccc(-c3noc(CNS(=O)(=O)c4ccccc4)n3)cc2)cc1. The molecule has 0 aliphatic heterocycles. The number of hydrogen-bond donors (Lipinski definition) is 2. The van der Waals surface area contributed by atoms with Crippen molar-refractivity contribution in [3.63, 3.8) is 0 Å². The summed E-state index contributed by atoms with van der Waals surface area (Å²) in [5, 5.41) is 3.86. The lowest BCUT2D eigenvalue weighted by molar-refractivity contribution is 0.376. The zero-order valence-corrected chi connectivity index (χ0v) is 19.1. The molecule has 3 aromatic carbocycles. The van der Waals surface area contributed by atoms with E-state index in [1.54, 1.807) is 66.7 Å². The third-order valence-corrected chi connectivity index (χ3v) is 7.48. The molecule has 33 heavy (non-hydrogen) atoms. The molecule has 4 aromatic rings. The summed E-state index contributed by atoms with van der Waals surface area (Å²) in [5.41, 5.74) is 1.92. The Bertz CT molecular complexity index is 1450. The van der Waals surface area contributed by atoms with E-state index in [0.29, 0.717) is 11.3 Å². The molecule has 0 saturated heterocycles. The molecule has 0 aliphatic rings. The predicted octanol–water partition coefficient (Wildman–Crippen LogP) is 3.32. The van der Waals surface area contributed by atoms with Gasteiger partial charge in [-0.05, 0) is 55.5 Å². The van der Waals surface area contributed by atoms with E-state index < -0.39 is 20.0 Å². The molecule has 1 aromatic heterocycles. The molecule has 0 aliphatic carbocycles. The highest BCUT2D eigenvalue weighted by Crippen LogP contribution is 2.21. The molecule has 11 heteroatoms. The summed E-state index contributed by atoms with van der Waals surface area (Å²) in [5.74, 6) is 0.338. The number of aromatic nitrogens is 2. The molecule has 0 amide bonds. The molecule has 170 valence electrons. The van der Waals surface area contributed by atoms with E-state index in [4.69, 9.17) is 4.52 Å². The summed E-state index contributed by atoms with van der Waals surface area (Å²) in [4.78, 5) is 4.49. The Balaban J connectivity index is 1.42. The fourth-order valence-electron chi connectivity index (χ4n) is 2.90. The number of nitrogens with one attached hydrogen (secondary N) is 2. The van der Waals surface area contributed by atoms with E-state index in [1.165, 1.54) is 12.1 Å². The van der Waals surface area contributed by atoms with E-state index in [2.05, 4.69) is 19.6 Å². The summed E-state index contributed by atoms with van der Waals surface area (Å²) in [6.45, 7) is 1.71. The third kappa shape index (κ3) is 5.45. The van der Waals surface area contributed by atoms with Crippen LogP contribution in [-0.4, -0.2) is 27.0 Å². The Morgan fingerprint density at radius 2 is 1.42 bits per heavy atom. The number of aryl methyl sites for hydroxylation is 1. The number of anilines is 1. The van der Waals surface area contributed by atoms with Crippen LogP contribution in [0.1, 0.15) is 11.5 Å². The van der Waals surface area contributed by atoms with E-state index in [-0.39, 0.29) is 28.1 Å². The highest BCUT2D eigenvalue weighted by atomic mass is 32.2. The fraction of sp³-hybridized carbons (Fsp3) is 0.0909. The average molecular weight is 485 g/mol. The monoisotopic (exact) mass is 484 g/mol. The van der Waals surface area contributed by atoms with E-state index in [1.807, 2.05) is 6.92 Å². The second kappa shape index (κ2) is 9.14. The molecule has 0 radical (unpaired) electrons. The highest BCUT2D eigenvalue weighted by molar-refractivity contribution is 7.92. The summed E-state index contributed by atoms with van der Waals surface area (Å²) in [7, 11) is -7.42. The second-order valence-electron chi connectivity index (χ2n) is 7.15. The van der Waals surface area contributed by atoms with Gasteiger partial charge in [-0.2, -0.15) is 4.98 Å². The van der Waals surface area contributed by atoms with Gasteiger partial charge < -0.3 is 4.52 Å². The number of rotatable bonds is 8. The topological polar surface area (TPSA) is 131 Å². The van der Waals surface area contributed by atoms with Gasteiger partial charge in [-0.15, -0.1) is 0 Å². The van der Waals surface area contributed by atoms with Crippen molar-refractivity contribution >= 4 is 25.7 Å². The van der Waals surface area contributed by atoms with E-state index in [0.717, 1.165) is 5.56 Å². The first kappa shape index (κ1) is 22.6. The molecule has 9 nitrogen and oxygen atoms in total. The maximum atomic E-state index is 12.5. The fourth-order valence-corrected chi connectivity index (χ4v) is 4.96. The van der Waals surface area contributed by atoms with Crippen LogP contribution in [0, 0.1) is 6.92 Å². The first-order valence-corrected chi connectivity index (χ1v) is 12.8. The van der Waals surface area contributed by atoms with Gasteiger partial charge in [0.2, 0.25) is 21.7 Å². The van der Waals surface area contributed by atoms with Crippen molar-refractivity contribution in [2.75, 3.05) is 4.72 Å². The van der Waals surface area contributed by atoms with Crippen molar-refractivity contribution < 1.29 is 21.4 Å². The smallest absolute Gasteiger partial charge is 0.261 e. The Labute approximate surface area is 191 Å². The minimum Gasteiger partial charge on any atom is -0.338 e. The molecular formula is C22H20N4O5S2. The van der Waals surface area contributed by atoms with Crippen LogP contribution >= 0.6 is 0 Å². The Hall–Kier alpha value is -3.54.